The first kappa shape index (κ1) is 16.6. The summed E-state index contributed by atoms with van der Waals surface area (Å²) < 4.78 is 92.5. The van der Waals surface area contributed by atoms with Gasteiger partial charge >= 0.3 is 21.5 Å². The zero-order valence-corrected chi connectivity index (χ0v) is 9.95. The van der Waals surface area contributed by atoms with Crippen molar-refractivity contribution in [1.82, 2.24) is 0 Å². The van der Waals surface area contributed by atoms with E-state index in [1.54, 1.807) is 0 Å². The average Bonchev–Trinajstić information content (AvgIpc) is 1.97. The number of halogens is 5. The van der Waals surface area contributed by atoms with Crippen LogP contribution in [0.5, 0.6) is 0 Å². The smallest absolute Gasteiger partial charge is 0.281 e. The van der Waals surface area contributed by atoms with E-state index in [1.165, 1.54) is 6.92 Å². The third-order valence-corrected chi connectivity index (χ3v) is 3.31. The van der Waals surface area contributed by atoms with Crippen molar-refractivity contribution in [2.75, 3.05) is 0 Å². The minimum Gasteiger partial charge on any atom is -0.281 e. The Labute approximate surface area is 95.8 Å². The van der Waals surface area contributed by atoms with Crippen LogP contribution in [0.2, 0.25) is 0 Å². The van der Waals surface area contributed by atoms with E-state index in [0.717, 1.165) is 6.92 Å². The zero-order valence-electron chi connectivity index (χ0n) is 9.13. The first-order valence-corrected chi connectivity index (χ1v) is 6.21. The highest BCUT2D eigenvalue weighted by molar-refractivity contribution is 7.86. The Morgan fingerprint density at radius 1 is 1.18 bits per heavy atom. The van der Waals surface area contributed by atoms with Crippen molar-refractivity contribution < 1.29 is 34.9 Å². The number of hydrogen-bond donors (Lipinski definition) is 1. The van der Waals surface area contributed by atoms with Crippen LogP contribution in [0.15, 0.2) is 0 Å². The van der Waals surface area contributed by atoms with Crippen molar-refractivity contribution in [3.63, 3.8) is 0 Å². The molecule has 0 bridgehead atoms. The molecule has 17 heavy (non-hydrogen) atoms. The molecule has 0 aromatic heterocycles. The molecule has 104 valence electrons. The molecule has 9 heteroatoms. The maximum atomic E-state index is 13.1. The molecule has 0 radical (unpaired) electrons. The lowest BCUT2D eigenvalue weighted by atomic mass is 9.89. The molecule has 0 spiro atoms. The highest BCUT2D eigenvalue weighted by atomic mass is 32.2. The Morgan fingerprint density at radius 2 is 1.59 bits per heavy atom. The average molecular weight is 284 g/mol. The van der Waals surface area contributed by atoms with Gasteiger partial charge in [-0.25, -0.2) is 0 Å². The molecule has 2 unspecified atom stereocenters. The largest absolute Gasteiger partial charge is 0.399 e. The van der Waals surface area contributed by atoms with Gasteiger partial charge in [0, 0.05) is 0 Å². The van der Waals surface area contributed by atoms with Crippen molar-refractivity contribution in [3.05, 3.63) is 0 Å². The van der Waals surface area contributed by atoms with Gasteiger partial charge in [0.1, 0.15) is 5.92 Å². The molecule has 0 aromatic rings. The summed E-state index contributed by atoms with van der Waals surface area (Å²) in [5.74, 6) is -5.03. The topological polar surface area (TPSA) is 54.4 Å². The SMILES string of the molecule is CCCC(C)C(C(F)(F)F)C(F)(F)S(=O)(=O)O. The van der Waals surface area contributed by atoms with Crippen LogP contribution in [0.4, 0.5) is 22.0 Å². The minimum atomic E-state index is -6.10. The van der Waals surface area contributed by atoms with Crippen LogP contribution in [-0.2, 0) is 10.1 Å². The van der Waals surface area contributed by atoms with E-state index in [1.807, 2.05) is 0 Å². The fourth-order valence-electron chi connectivity index (χ4n) is 1.63. The molecule has 0 saturated heterocycles. The number of hydrogen-bond acceptors (Lipinski definition) is 2. The lowest BCUT2D eigenvalue weighted by Gasteiger charge is -2.30. The van der Waals surface area contributed by atoms with Crippen molar-refractivity contribution in [3.8, 4) is 0 Å². The second-order valence-electron chi connectivity index (χ2n) is 3.82. The van der Waals surface area contributed by atoms with Crippen molar-refractivity contribution in [1.29, 1.82) is 0 Å². The summed E-state index contributed by atoms with van der Waals surface area (Å²) in [5, 5.41) is -5.24. The van der Waals surface area contributed by atoms with Gasteiger partial charge in [-0.3, -0.25) is 4.55 Å². The van der Waals surface area contributed by atoms with Crippen LogP contribution in [-0.4, -0.2) is 24.4 Å². The molecule has 0 aromatic carbocycles. The molecule has 0 heterocycles. The minimum absolute atomic E-state index is 0.190. The van der Waals surface area contributed by atoms with Crippen LogP contribution in [0.1, 0.15) is 26.7 Å². The lowest BCUT2D eigenvalue weighted by molar-refractivity contribution is -0.233. The van der Waals surface area contributed by atoms with Crippen molar-refractivity contribution in [2.24, 2.45) is 11.8 Å². The molecule has 2 atom stereocenters. The fourth-order valence-corrected chi connectivity index (χ4v) is 2.31. The van der Waals surface area contributed by atoms with Gasteiger partial charge in [0.25, 0.3) is 0 Å². The van der Waals surface area contributed by atoms with Crippen molar-refractivity contribution >= 4 is 10.1 Å². The highest BCUT2D eigenvalue weighted by Crippen LogP contribution is 2.46. The van der Waals surface area contributed by atoms with Gasteiger partial charge in [0.2, 0.25) is 0 Å². The molecule has 0 aliphatic heterocycles. The molecular weight excluding hydrogens is 271 g/mol. The predicted molar refractivity (Wildman–Crippen MR) is 50.1 cm³/mol. The quantitative estimate of drug-likeness (QED) is 0.623. The first-order chi connectivity index (χ1) is 7.35. The van der Waals surface area contributed by atoms with E-state index in [-0.39, 0.29) is 12.8 Å². The van der Waals surface area contributed by atoms with Gasteiger partial charge in [-0.2, -0.15) is 30.4 Å². The van der Waals surface area contributed by atoms with E-state index in [4.69, 9.17) is 4.55 Å². The summed E-state index contributed by atoms with van der Waals surface area (Å²) in [7, 11) is -6.10. The molecule has 0 saturated carbocycles. The standard InChI is InChI=1S/C8H13F5O3S/c1-3-4-5(2)6(7(9,10)11)8(12,13)17(14,15)16/h5-6H,3-4H2,1-2H3,(H,14,15,16). The van der Waals surface area contributed by atoms with Crippen LogP contribution in [0, 0.1) is 11.8 Å². The Morgan fingerprint density at radius 3 is 1.82 bits per heavy atom. The first-order valence-electron chi connectivity index (χ1n) is 4.77. The molecule has 0 fully saturated rings. The van der Waals surface area contributed by atoms with E-state index in [0.29, 0.717) is 0 Å². The maximum Gasteiger partial charge on any atom is 0.399 e. The van der Waals surface area contributed by atoms with E-state index >= 15 is 0 Å². The molecule has 1 N–H and O–H groups in total. The lowest BCUT2D eigenvalue weighted by Crippen LogP contribution is -2.48. The maximum absolute atomic E-state index is 13.1. The number of rotatable bonds is 5. The summed E-state index contributed by atoms with van der Waals surface area (Å²) >= 11 is 0. The summed E-state index contributed by atoms with van der Waals surface area (Å²) in [4.78, 5) is 0. The summed E-state index contributed by atoms with van der Waals surface area (Å²) in [6.45, 7) is 2.36. The van der Waals surface area contributed by atoms with Gasteiger partial charge < -0.3 is 0 Å². The molecular formula is C8H13F5O3S. The molecule has 0 amide bonds. The molecule has 0 aliphatic rings. The Bertz CT molecular complexity index is 349. The van der Waals surface area contributed by atoms with Crippen LogP contribution in [0.3, 0.4) is 0 Å². The Hall–Kier alpha value is -0.440. The summed E-state index contributed by atoms with van der Waals surface area (Å²) in [5.41, 5.74) is 0. The van der Waals surface area contributed by atoms with Crippen molar-refractivity contribution in [2.45, 2.75) is 38.1 Å². The van der Waals surface area contributed by atoms with Gasteiger partial charge in [0.05, 0.1) is 0 Å². The number of alkyl halides is 5. The Kier molecular flexibility index (Phi) is 4.92. The van der Waals surface area contributed by atoms with Crippen LogP contribution in [0.25, 0.3) is 0 Å². The highest BCUT2D eigenvalue weighted by Gasteiger charge is 2.64. The van der Waals surface area contributed by atoms with Gasteiger partial charge in [-0.1, -0.05) is 26.7 Å². The zero-order chi connectivity index (χ0) is 14.1. The third kappa shape index (κ3) is 3.77. The second kappa shape index (κ2) is 5.05. The fraction of sp³-hybridized carbons (Fsp3) is 1.00. The van der Waals surface area contributed by atoms with Gasteiger partial charge in [-0.15, -0.1) is 0 Å². The molecule has 0 rings (SSSR count). The summed E-state index contributed by atoms with van der Waals surface area (Å²) in [6, 6.07) is 0. The van der Waals surface area contributed by atoms with Crippen LogP contribution < -0.4 is 0 Å². The summed E-state index contributed by atoms with van der Waals surface area (Å²) in [6.07, 6.45) is -5.45. The van der Waals surface area contributed by atoms with Crippen LogP contribution >= 0.6 is 0 Å². The second-order valence-corrected chi connectivity index (χ2v) is 5.32. The molecule has 3 nitrogen and oxygen atoms in total. The van der Waals surface area contributed by atoms with Gasteiger partial charge in [0.15, 0.2) is 0 Å². The monoisotopic (exact) mass is 284 g/mol. The van der Waals surface area contributed by atoms with E-state index < -0.39 is 33.4 Å². The normalized spacial score (nSPS) is 17.9. The molecule has 0 aliphatic carbocycles. The van der Waals surface area contributed by atoms with Gasteiger partial charge in [-0.05, 0) is 5.92 Å². The Balaban J connectivity index is 5.50. The van der Waals surface area contributed by atoms with E-state index in [2.05, 4.69) is 0 Å². The predicted octanol–water partition coefficient (Wildman–Crippen LogP) is 3.08. The van der Waals surface area contributed by atoms with E-state index in [9.17, 15) is 30.4 Å². The third-order valence-electron chi connectivity index (χ3n) is 2.37.